The van der Waals surface area contributed by atoms with Crippen LogP contribution in [0.3, 0.4) is 0 Å². The van der Waals surface area contributed by atoms with E-state index in [-0.39, 0.29) is 30.0 Å². The number of nitrogens with zero attached hydrogens (tertiary/aromatic N) is 2. The predicted molar refractivity (Wildman–Crippen MR) is 141 cm³/mol. The lowest BCUT2D eigenvalue weighted by Gasteiger charge is -2.21. The molecule has 0 bridgehead atoms. The minimum Gasteiger partial charge on any atom is -0.381 e. The van der Waals surface area contributed by atoms with Gasteiger partial charge in [0.15, 0.2) is 5.01 Å². The molecular formula is C24H28IN5O3S. The molecule has 2 aromatic heterocycles. The summed E-state index contributed by atoms with van der Waals surface area (Å²) >= 11 is 3.80. The lowest BCUT2D eigenvalue weighted by molar-refractivity contribution is 0.0889. The average Bonchev–Trinajstić information content (AvgIpc) is 3.54. The molecule has 3 heterocycles. The number of halogens is 1. The van der Waals surface area contributed by atoms with Crippen molar-refractivity contribution in [1.82, 2.24) is 25.5 Å². The molecular weight excluding hydrogens is 565 g/mol. The van der Waals surface area contributed by atoms with E-state index in [0.29, 0.717) is 23.5 Å². The van der Waals surface area contributed by atoms with Crippen LogP contribution in [0.15, 0.2) is 24.3 Å². The highest BCUT2D eigenvalue weighted by atomic mass is 127. The molecule has 1 saturated carbocycles. The zero-order valence-corrected chi connectivity index (χ0v) is 22.2. The zero-order chi connectivity index (χ0) is 23.8. The van der Waals surface area contributed by atoms with E-state index < -0.39 is 0 Å². The normalized spacial score (nSPS) is 22.6. The van der Waals surface area contributed by atoms with Gasteiger partial charge in [0, 0.05) is 46.8 Å². The third kappa shape index (κ3) is 4.86. The van der Waals surface area contributed by atoms with Crippen molar-refractivity contribution in [1.29, 1.82) is 0 Å². The van der Waals surface area contributed by atoms with Crippen LogP contribution in [0.1, 0.15) is 49.3 Å². The Hall–Kier alpha value is -2.02. The van der Waals surface area contributed by atoms with Gasteiger partial charge in [0.2, 0.25) is 0 Å². The zero-order valence-electron chi connectivity index (χ0n) is 19.2. The van der Waals surface area contributed by atoms with E-state index in [1.807, 2.05) is 12.1 Å². The van der Waals surface area contributed by atoms with Crippen molar-refractivity contribution in [2.45, 2.75) is 48.4 Å². The number of hydrogen-bond acceptors (Lipinski definition) is 6. The highest BCUT2D eigenvalue weighted by molar-refractivity contribution is 14.1. The number of benzene rings is 1. The minimum atomic E-state index is -0.224. The topological polar surface area (TPSA) is 99.3 Å². The summed E-state index contributed by atoms with van der Waals surface area (Å²) < 4.78 is 6.49. The van der Waals surface area contributed by atoms with Crippen molar-refractivity contribution in [3.63, 3.8) is 0 Å². The van der Waals surface area contributed by atoms with Crippen molar-refractivity contribution in [3.8, 4) is 0 Å². The van der Waals surface area contributed by atoms with Crippen LogP contribution in [-0.2, 0) is 22.1 Å². The SMILES string of the molecule is COC1C[C@@H](NC(=O)c2cc3cc(CI)ccc3[nH]2)[C@H](NC(=O)c2nc3c(s2)CN(C)CC3)C1. The molecule has 3 N–H and O–H groups in total. The maximum atomic E-state index is 13.1. The molecule has 5 rings (SSSR count). The van der Waals surface area contributed by atoms with Gasteiger partial charge < -0.3 is 25.3 Å². The number of likely N-dealkylation sites (N-methyl/N-ethyl adjacent to an activating group) is 1. The Bertz CT molecular complexity index is 1220. The van der Waals surface area contributed by atoms with Crippen LogP contribution in [-0.4, -0.2) is 65.6 Å². The van der Waals surface area contributed by atoms with Crippen molar-refractivity contribution in [2.24, 2.45) is 0 Å². The van der Waals surface area contributed by atoms with Crippen LogP contribution in [0.5, 0.6) is 0 Å². The molecule has 0 saturated heterocycles. The van der Waals surface area contributed by atoms with Crippen LogP contribution in [0.2, 0.25) is 0 Å². The van der Waals surface area contributed by atoms with E-state index in [1.54, 1.807) is 7.11 Å². The third-order valence-corrected chi connectivity index (χ3v) is 8.65. The molecule has 180 valence electrons. The Morgan fingerprint density at radius 2 is 2.00 bits per heavy atom. The van der Waals surface area contributed by atoms with Crippen LogP contribution in [0.25, 0.3) is 10.9 Å². The summed E-state index contributed by atoms with van der Waals surface area (Å²) in [6.45, 7) is 1.79. The first kappa shape index (κ1) is 23.7. The molecule has 0 radical (unpaired) electrons. The van der Waals surface area contributed by atoms with E-state index in [9.17, 15) is 9.59 Å². The fourth-order valence-electron chi connectivity index (χ4n) is 4.79. The van der Waals surface area contributed by atoms with Gasteiger partial charge in [-0.05, 0) is 43.7 Å². The summed E-state index contributed by atoms with van der Waals surface area (Å²) in [5.41, 5.74) is 3.70. The lowest BCUT2D eigenvalue weighted by Crippen LogP contribution is -2.48. The molecule has 3 atom stereocenters. The summed E-state index contributed by atoms with van der Waals surface area (Å²) in [5, 5.41) is 7.75. The molecule has 1 aromatic carbocycles. The molecule has 3 aromatic rings. The lowest BCUT2D eigenvalue weighted by atomic mass is 10.1. The van der Waals surface area contributed by atoms with Crippen LogP contribution >= 0.6 is 33.9 Å². The summed E-state index contributed by atoms with van der Waals surface area (Å²) in [4.78, 5) is 37.3. The number of aromatic amines is 1. The first-order valence-electron chi connectivity index (χ1n) is 11.4. The number of alkyl halides is 1. The largest absolute Gasteiger partial charge is 0.381 e. The number of methoxy groups -OCH3 is 1. The van der Waals surface area contributed by atoms with E-state index in [4.69, 9.17) is 4.74 Å². The average molecular weight is 593 g/mol. The van der Waals surface area contributed by atoms with E-state index in [2.05, 4.69) is 67.3 Å². The second-order valence-corrected chi connectivity index (χ2v) is 11.0. The third-order valence-electron chi connectivity index (χ3n) is 6.69. The molecule has 1 aliphatic heterocycles. The standard InChI is InChI=1S/C24H28IN5O3S/c1-30-6-5-17-21(12-30)34-24(29-17)23(32)28-19-10-15(33-2)9-18(19)27-22(31)20-8-14-7-13(11-25)3-4-16(14)26-20/h3-4,7-8,15,18-19,26H,5-6,9-12H2,1-2H3,(H,27,31)(H,28,32)/t15?,18-,19-/m1/s1. The number of nitrogens with one attached hydrogen (secondary N) is 3. The molecule has 1 aliphatic carbocycles. The Balaban J connectivity index is 1.29. The van der Waals surface area contributed by atoms with Gasteiger partial charge in [-0.25, -0.2) is 4.98 Å². The number of ether oxygens (including phenoxy) is 1. The fourth-order valence-corrected chi connectivity index (χ4v) is 6.35. The predicted octanol–water partition coefficient (Wildman–Crippen LogP) is 3.25. The number of hydrogen-bond donors (Lipinski definition) is 3. The van der Waals surface area contributed by atoms with Gasteiger partial charge >= 0.3 is 0 Å². The number of carbonyl (C=O) groups is 2. The summed E-state index contributed by atoms with van der Waals surface area (Å²) in [6.07, 6.45) is 2.13. The molecule has 1 unspecified atom stereocenters. The minimum absolute atomic E-state index is 0.0253. The van der Waals surface area contributed by atoms with Crippen LogP contribution < -0.4 is 10.6 Å². The van der Waals surface area contributed by atoms with Crippen molar-refractivity contribution in [3.05, 3.63) is 51.1 Å². The van der Waals surface area contributed by atoms with Gasteiger partial charge in [-0.2, -0.15) is 0 Å². The maximum Gasteiger partial charge on any atom is 0.280 e. The second-order valence-electron chi connectivity index (χ2n) is 9.10. The quantitative estimate of drug-likeness (QED) is 0.301. The molecule has 8 nitrogen and oxygen atoms in total. The molecule has 2 amide bonds. The van der Waals surface area contributed by atoms with Gasteiger partial charge in [0.1, 0.15) is 5.69 Å². The monoisotopic (exact) mass is 593 g/mol. The van der Waals surface area contributed by atoms with Crippen molar-refractivity contribution >= 4 is 56.6 Å². The highest BCUT2D eigenvalue weighted by Gasteiger charge is 2.37. The summed E-state index contributed by atoms with van der Waals surface area (Å²) in [7, 11) is 3.75. The number of H-pyrrole nitrogens is 1. The Morgan fingerprint density at radius 3 is 2.74 bits per heavy atom. The molecule has 1 fully saturated rings. The van der Waals surface area contributed by atoms with Crippen molar-refractivity contribution < 1.29 is 14.3 Å². The van der Waals surface area contributed by atoms with Gasteiger partial charge in [-0.15, -0.1) is 11.3 Å². The van der Waals surface area contributed by atoms with E-state index >= 15 is 0 Å². The van der Waals surface area contributed by atoms with Gasteiger partial charge in [0.25, 0.3) is 11.8 Å². The fraction of sp³-hybridized carbons (Fsp3) is 0.458. The number of fused-ring (bicyclic) bond motifs is 2. The van der Waals surface area contributed by atoms with E-state index in [1.165, 1.54) is 16.9 Å². The molecule has 2 aliphatic rings. The maximum absolute atomic E-state index is 13.1. The first-order valence-corrected chi connectivity index (χ1v) is 13.8. The van der Waals surface area contributed by atoms with Gasteiger partial charge in [-0.3, -0.25) is 9.59 Å². The number of amides is 2. The number of rotatable bonds is 6. The van der Waals surface area contributed by atoms with Gasteiger partial charge in [-0.1, -0.05) is 28.7 Å². The number of aromatic nitrogens is 2. The first-order chi connectivity index (χ1) is 16.4. The Kier molecular flexibility index (Phi) is 6.92. The smallest absolute Gasteiger partial charge is 0.280 e. The highest BCUT2D eigenvalue weighted by Crippen LogP contribution is 2.27. The number of thiazole rings is 1. The molecule has 34 heavy (non-hydrogen) atoms. The Morgan fingerprint density at radius 1 is 1.24 bits per heavy atom. The molecule has 10 heteroatoms. The van der Waals surface area contributed by atoms with Gasteiger partial charge in [0.05, 0.1) is 23.9 Å². The molecule has 0 spiro atoms. The van der Waals surface area contributed by atoms with Crippen LogP contribution in [0.4, 0.5) is 0 Å². The number of carbonyl (C=O) groups excluding carboxylic acids is 2. The van der Waals surface area contributed by atoms with Crippen molar-refractivity contribution in [2.75, 3.05) is 20.7 Å². The summed E-state index contributed by atoms with van der Waals surface area (Å²) in [5.74, 6) is -0.360. The Labute approximate surface area is 216 Å². The van der Waals surface area contributed by atoms with E-state index in [0.717, 1.165) is 45.4 Å². The summed E-state index contributed by atoms with van der Waals surface area (Å²) in [6, 6.07) is 7.60. The van der Waals surface area contributed by atoms with Crippen LogP contribution in [0, 0.1) is 0 Å². The second kappa shape index (κ2) is 9.92.